The molecule has 1 aliphatic heterocycles. The molecule has 0 aliphatic carbocycles. The largest absolute Gasteiger partial charge is 0.492 e. The maximum Gasteiger partial charge on any atom is 0.317 e. The molecule has 1 fully saturated rings. The third-order valence-corrected chi connectivity index (χ3v) is 4.44. The van der Waals surface area contributed by atoms with Gasteiger partial charge in [-0.25, -0.2) is 4.79 Å². The Balaban J connectivity index is 1.48. The number of carbonyl (C=O) groups excluding carboxylic acids is 1. The predicted octanol–water partition coefficient (Wildman–Crippen LogP) is 4.16. The Hall–Kier alpha value is -1.95. The summed E-state index contributed by atoms with van der Waals surface area (Å²) in [5.74, 6) is 0.783. The van der Waals surface area contributed by atoms with Crippen LogP contribution < -0.4 is 10.1 Å². The summed E-state index contributed by atoms with van der Waals surface area (Å²) in [5, 5.41) is 3.97. The quantitative estimate of drug-likeness (QED) is 0.774. The average molecular weight is 395 g/mol. The second-order valence-electron chi connectivity index (χ2n) is 5.90. The Kier molecular flexibility index (Phi) is 6.61. The van der Waals surface area contributed by atoms with Gasteiger partial charge in [-0.1, -0.05) is 41.4 Å². The maximum atomic E-state index is 12.4. The van der Waals surface area contributed by atoms with Crippen molar-refractivity contribution in [2.45, 2.75) is 6.10 Å². The molecule has 1 saturated heterocycles. The van der Waals surface area contributed by atoms with Crippen molar-refractivity contribution in [3.8, 4) is 5.75 Å². The molecule has 0 bridgehead atoms. The summed E-state index contributed by atoms with van der Waals surface area (Å²) in [6.07, 6.45) is -0.244. The number of halogens is 2. The molecule has 1 N–H and O–H groups in total. The van der Waals surface area contributed by atoms with Crippen molar-refractivity contribution in [1.82, 2.24) is 10.2 Å². The van der Waals surface area contributed by atoms with Crippen molar-refractivity contribution in [3.05, 3.63) is 64.1 Å². The highest BCUT2D eigenvalue weighted by molar-refractivity contribution is 6.34. The highest BCUT2D eigenvalue weighted by atomic mass is 35.5. The summed E-state index contributed by atoms with van der Waals surface area (Å²) >= 11 is 12.1. The molecule has 1 atom stereocenters. The number of nitrogens with zero attached hydrogens (tertiary/aromatic N) is 1. The molecule has 2 amide bonds. The van der Waals surface area contributed by atoms with Crippen LogP contribution in [0.3, 0.4) is 0 Å². The number of para-hydroxylation sites is 1. The lowest BCUT2D eigenvalue weighted by molar-refractivity contribution is -0.0154. The smallest absolute Gasteiger partial charge is 0.317 e. The lowest BCUT2D eigenvalue weighted by atomic mass is 10.1. The van der Waals surface area contributed by atoms with Gasteiger partial charge in [0, 0.05) is 16.6 Å². The first kappa shape index (κ1) is 18.8. The van der Waals surface area contributed by atoms with Crippen molar-refractivity contribution in [2.24, 2.45) is 0 Å². The van der Waals surface area contributed by atoms with Crippen LogP contribution in [0.5, 0.6) is 5.75 Å². The van der Waals surface area contributed by atoms with Gasteiger partial charge in [-0.05, 0) is 35.9 Å². The molecule has 1 heterocycles. The summed E-state index contributed by atoms with van der Waals surface area (Å²) in [7, 11) is 0. The van der Waals surface area contributed by atoms with Gasteiger partial charge in [0.2, 0.25) is 0 Å². The standard InChI is InChI=1S/C19H20Cl2N2O3/c20-15-10-14(11-16(21)12-15)18-13-23(7-9-26-18)19(24)22-6-8-25-17-4-2-1-3-5-17/h1-5,10-12,18H,6-9,13H2,(H,22,24)/t18-/m1/s1. The lowest BCUT2D eigenvalue weighted by Crippen LogP contribution is -2.47. The van der Waals surface area contributed by atoms with E-state index in [0.29, 0.717) is 42.9 Å². The van der Waals surface area contributed by atoms with E-state index in [4.69, 9.17) is 32.7 Å². The summed E-state index contributed by atoms with van der Waals surface area (Å²) < 4.78 is 11.3. The van der Waals surface area contributed by atoms with Crippen LogP contribution >= 0.6 is 23.2 Å². The second kappa shape index (κ2) is 9.12. The first-order valence-corrected chi connectivity index (χ1v) is 9.15. The molecular weight excluding hydrogens is 375 g/mol. The van der Waals surface area contributed by atoms with Gasteiger partial charge in [0.25, 0.3) is 0 Å². The molecule has 2 aromatic carbocycles. The van der Waals surface area contributed by atoms with Gasteiger partial charge < -0.3 is 19.7 Å². The van der Waals surface area contributed by atoms with E-state index in [-0.39, 0.29) is 12.1 Å². The molecule has 2 aromatic rings. The van der Waals surface area contributed by atoms with Crippen LogP contribution in [-0.4, -0.2) is 43.8 Å². The average Bonchev–Trinajstić information content (AvgIpc) is 2.65. The van der Waals surface area contributed by atoms with Crippen molar-refractivity contribution in [1.29, 1.82) is 0 Å². The van der Waals surface area contributed by atoms with E-state index in [1.165, 1.54) is 0 Å². The molecule has 0 spiro atoms. The van der Waals surface area contributed by atoms with E-state index < -0.39 is 0 Å². The number of rotatable bonds is 5. The van der Waals surface area contributed by atoms with Crippen molar-refractivity contribution in [2.75, 3.05) is 32.8 Å². The first-order chi connectivity index (χ1) is 12.6. The normalized spacial score (nSPS) is 17.0. The summed E-state index contributed by atoms with van der Waals surface area (Å²) in [6.45, 7) is 2.28. The molecule has 0 aromatic heterocycles. The number of morpholine rings is 1. The number of amides is 2. The van der Waals surface area contributed by atoms with E-state index in [9.17, 15) is 4.79 Å². The summed E-state index contributed by atoms with van der Waals surface area (Å²) in [4.78, 5) is 14.1. The highest BCUT2D eigenvalue weighted by Gasteiger charge is 2.25. The highest BCUT2D eigenvalue weighted by Crippen LogP contribution is 2.28. The van der Waals surface area contributed by atoms with Crippen LogP contribution in [0.2, 0.25) is 10.0 Å². The zero-order chi connectivity index (χ0) is 18.4. The van der Waals surface area contributed by atoms with Gasteiger partial charge in [-0.15, -0.1) is 0 Å². The summed E-state index contributed by atoms with van der Waals surface area (Å²) in [5.41, 5.74) is 0.868. The molecule has 1 aliphatic rings. The minimum absolute atomic E-state index is 0.136. The number of urea groups is 1. The van der Waals surface area contributed by atoms with Crippen LogP contribution in [0.15, 0.2) is 48.5 Å². The van der Waals surface area contributed by atoms with E-state index >= 15 is 0 Å². The molecule has 5 nitrogen and oxygen atoms in total. The van der Waals surface area contributed by atoms with Crippen molar-refractivity contribution in [3.63, 3.8) is 0 Å². The van der Waals surface area contributed by atoms with Gasteiger partial charge in [-0.3, -0.25) is 0 Å². The van der Waals surface area contributed by atoms with Gasteiger partial charge >= 0.3 is 6.03 Å². The third-order valence-electron chi connectivity index (χ3n) is 4.00. The molecule has 7 heteroatoms. The predicted molar refractivity (Wildman–Crippen MR) is 102 cm³/mol. The monoisotopic (exact) mass is 394 g/mol. The number of hydrogen-bond acceptors (Lipinski definition) is 3. The van der Waals surface area contributed by atoms with Crippen molar-refractivity contribution >= 4 is 29.2 Å². The number of carbonyl (C=O) groups is 1. The van der Waals surface area contributed by atoms with E-state index in [1.54, 1.807) is 11.0 Å². The molecule has 3 rings (SSSR count). The van der Waals surface area contributed by atoms with Gasteiger partial charge in [-0.2, -0.15) is 0 Å². The zero-order valence-corrected chi connectivity index (χ0v) is 15.7. The molecule has 138 valence electrons. The van der Waals surface area contributed by atoms with Gasteiger partial charge in [0.05, 0.1) is 19.7 Å². The first-order valence-electron chi connectivity index (χ1n) is 8.40. The van der Waals surface area contributed by atoms with E-state index in [2.05, 4.69) is 5.32 Å². The van der Waals surface area contributed by atoms with Crippen LogP contribution in [-0.2, 0) is 4.74 Å². The topological polar surface area (TPSA) is 50.8 Å². The minimum atomic E-state index is -0.244. The van der Waals surface area contributed by atoms with Crippen LogP contribution in [0.25, 0.3) is 0 Å². The fourth-order valence-electron chi connectivity index (χ4n) is 2.75. The van der Waals surface area contributed by atoms with E-state index in [0.717, 1.165) is 11.3 Å². The van der Waals surface area contributed by atoms with Crippen LogP contribution in [0, 0.1) is 0 Å². The third kappa shape index (κ3) is 5.27. The Labute approximate surface area is 162 Å². The van der Waals surface area contributed by atoms with Gasteiger partial charge in [0.1, 0.15) is 18.5 Å². The number of hydrogen-bond donors (Lipinski definition) is 1. The molecule has 0 radical (unpaired) electrons. The fraction of sp³-hybridized carbons (Fsp3) is 0.316. The van der Waals surface area contributed by atoms with Crippen LogP contribution in [0.4, 0.5) is 4.79 Å². The molecular formula is C19H20Cl2N2O3. The van der Waals surface area contributed by atoms with Gasteiger partial charge in [0.15, 0.2) is 0 Å². The number of benzene rings is 2. The Morgan fingerprint density at radius 2 is 1.92 bits per heavy atom. The molecule has 0 unspecified atom stereocenters. The second-order valence-corrected chi connectivity index (χ2v) is 6.77. The Morgan fingerprint density at radius 3 is 2.65 bits per heavy atom. The lowest BCUT2D eigenvalue weighted by Gasteiger charge is -2.33. The molecule has 0 saturated carbocycles. The number of nitrogens with one attached hydrogen (secondary N) is 1. The minimum Gasteiger partial charge on any atom is -0.492 e. The fourth-order valence-corrected chi connectivity index (χ4v) is 3.29. The SMILES string of the molecule is O=C(NCCOc1ccccc1)N1CCO[C@@H](c2cc(Cl)cc(Cl)c2)C1. The Morgan fingerprint density at radius 1 is 1.19 bits per heavy atom. The van der Waals surface area contributed by atoms with Crippen molar-refractivity contribution < 1.29 is 14.3 Å². The molecule has 26 heavy (non-hydrogen) atoms. The van der Waals surface area contributed by atoms with E-state index in [1.807, 2.05) is 42.5 Å². The maximum absolute atomic E-state index is 12.4. The summed E-state index contributed by atoms with van der Waals surface area (Å²) in [6, 6.07) is 14.7. The number of ether oxygens (including phenoxy) is 2. The zero-order valence-electron chi connectivity index (χ0n) is 14.2. The Bertz CT molecular complexity index is 723. The van der Waals surface area contributed by atoms with Crippen LogP contribution in [0.1, 0.15) is 11.7 Å².